The molecule has 1 saturated heterocycles. The van der Waals surface area contributed by atoms with Gasteiger partial charge in [0.2, 0.25) is 5.91 Å². The van der Waals surface area contributed by atoms with E-state index in [0.29, 0.717) is 25.9 Å². The van der Waals surface area contributed by atoms with Gasteiger partial charge in [0, 0.05) is 13.1 Å². The number of amides is 3. The first-order valence-corrected chi connectivity index (χ1v) is 12.7. The SMILES string of the molecule is CC(C)[C@H](NC(=O)[C@H]1O[C@@H]1C(=O)OCc1ccccc1)C(=O)NCCCCNC(=O)OCc1ccccc1. The average Bonchev–Trinajstić information content (AvgIpc) is 3.73. The number of hydrogen-bond acceptors (Lipinski definition) is 7. The van der Waals surface area contributed by atoms with Crippen molar-refractivity contribution in [1.29, 1.82) is 0 Å². The quantitative estimate of drug-likeness (QED) is 0.196. The van der Waals surface area contributed by atoms with Crippen LogP contribution in [-0.4, -0.2) is 55.2 Å². The van der Waals surface area contributed by atoms with Gasteiger partial charge in [-0.1, -0.05) is 74.5 Å². The summed E-state index contributed by atoms with van der Waals surface area (Å²) in [4.78, 5) is 49.2. The molecule has 2 aromatic carbocycles. The van der Waals surface area contributed by atoms with Crippen LogP contribution in [-0.2, 0) is 41.8 Å². The number of carbonyl (C=O) groups is 4. The second kappa shape index (κ2) is 14.7. The highest BCUT2D eigenvalue weighted by Crippen LogP contribution is 2.24. The lowest BCUT2D eigenvalue weighted by molar-refractivity contribution is -0.146. The van der Waals surface area contributed by atoms with E-state index in [1.165, 1.54) is 0 Å². The molecule has 0 saturated carbocycles. The molecule has 2 aromatic rings. The molecular weight excluding hydrogens is 490 g/mol. The fraction of sp³-hybridized carbons (Fsp3) is 0.429. The molecule has 38 heavy (non-hydrogen) atoms. The molecule has 3 N–H and O–H groups in total. The standard InChI is InChI=1S/C28H35N3O7/c1-19(2)22(31-26(33)23-24(38-23)27(34)36-17-20-11-5-3-6-12-20)25(32)29-15-9-10-16-30-28(35)37-18-21-13-7-4-8-14-21/h3-8,11-14,19,22-24H,9-10,15-18H2,1-2H3,(H,29,32)(H,30,35)(H,31,33)/t22-,23-,24-/m0/s1. The predicted octanol–water partition coefficient (Wildman–Crippen LogP) is 2.46. The molecule has 0 unspecified atom stereocenters. The van der Waals surface area contributed by atoms with Gasteiger partial charge >= 0.3 is 12.1 Å². The minimum absolute atomic E-state index is 0.0925. The Labute approximate surface area is 222 Å². The lowest BCUT2D eigenvalue weighted by Gasteiger charge is -2.21. The van der Waals surface area contributed by atoms with E-state index in [0.717, 1.165) is 11.1 Å². The summed E-state index contributed by atoms with van der Waals surface area (Å²) in [6.45, 7) is 4.72. The Morgan fingerprint density at radius 3 is 1.92 bits per heavy atom. The van der Waals surface area contributed by atoms with Crippen LogP contribution in [0, 0.1) is 5.92 Å². The number of hydrogen-bond donors (Lipinski definition) is 3. The number of rotatable bonds is 14. The highest BCUT2D eigenvalue weighted by atomic mass is 16.6. The minimum Gasteiger partial charge on any atom is -0.459 e. The molecule has 204 valence electrons. The van der Waals surface area contributed by atoms with Crippen LogP contribution in [0.25, 0.3) is 0 Å². The minimum atomic E-state index is -0.972. The summed E-state index contributed by atoms with van der Waals surface area (Å²) in [5.74, 6) is -1.65. The first-order chi connectivity index (χ1) is 18.3. The second-order valence-electron chi connectivity index (χ2n) is 9.29. The molecule has 0 aliphatic carbocycles. The van der Waals surface area contributed by atoms with E-state index in [9.17, 15) is 19.2 Å². The van der Waals surface area contributed by atoms with Gasteiger partial charge in [-0.05, 0) is 29.9 Å². The maximum absolute atomic E-state index is 12.7. The summed E-state index contributed by atoms with van der Waals surface area (Å²) < 4.78 is 15.6. The fourth-order valence-corrected chi connectivity index (χ4v) is 3.61. The molecule has 3 atom stereocenters. The van der Waals surface area contributed by atoms with Crippen LogP contribution in [0.15, 0.2) is 60.7 Å². The maximum Gasteiger partial charge on any atom is 0.407 e. The Balaban J connectivity index is 1.29. The van der Waals surface area contributed by atoms with Gasteiger partial charge in [-0.25, -0.2) is 9.59 Å². The second-order valence-corrected chi connectivity index (χ2v) is 9.29. The highest BCUT2D eigenvalue weighted by molar-refractivity contribution is 5.95. The van der Waals surface area contributed by atoms with Gasteiger partial charge in [0.15, 0.2) is 12.2 Å². The lowest BCUT2D eigenvalue weighted by atomic mass is 10.0. The molecule has 1 heterocycles. The van der Waals surface area contributed by atoms with E-state index in [1.54, 1.807) is 0 Å². The molecule has 3 amide bonds. The number of unbranched alkanes of at least 4 members (excludes halogenated alkanes) is 1. The average molecular weight is 526 g/mol. The first kappa shape index (κ1) is 28.6. The number of epoxide rings is 1. The zero-order chi connectivity index (χ0) is 27.3. The van der Waals surface area contributed by atoms with E-state index < -0.39 is 36.2 Å². The monoisotopic (exact) mass is 525 g/mol. The topological polar surface area (TPSA) is 135 Å². The molecule has 10 heteroatoms. The summed E-state index contributed by atoms with van der Waals surface area (Å²) in [5, 5.41) is 8.16. The van der Waals surface area contributed by atoms with Crippen molar-refractivity contribution in [3.63, 3.8) is 0 Å². The first-order valence-electron chi connectivity index (χ1n) is 12.7. The van der Waals surface area contributed by atoms with Gasteiger partial charge in [0.05, 0.1) is 0 Å². The summed E-state index contributed by atoms with van der Waals surface area (Å²) >= 11 is 0. The number of nitrogens with one attached hydrogen (secondary N) is 3. The number of ether oxygens (including phenoxy) is 3. The Morgan fingerprint density at radius 2 is 1.34 bits per heavy atom. The van der Waals surface area contributed by atoms with Crippen LogP contribution < -0.4 is 16.0 Å². The molecule has 1 aliphatic heterocycles. The van der Waals surface area contributed by atoms with Gasteiger partial charge < -0.3 is 30.2 Å². The molecule has 0 radical (unpaired) electrons. The van der Waals surface area contributed by atoms with Crippen LogP contribution in [0.1, 0.15) is 37.8 Å². The zero-order valence-corrected chi connectivity index (χ0v) is 21.7. The van der Waals surface area contributed by atoms with Crippen LogP contribution in [0.3, 0.4) is 0 Å². The Hall–Kier alpha value is -3.92. The highest BCUT2D eigenvalue weighted by Gasteiger charge is 2.52. The normalized spacial score (nSPS) is 16.7. The smallest absolute Gasteiger partial charge is 0.407 e. The Kier molecular flexibility index (Phi) is 11.1. The van der Waals surface area contributed by atoms with Gasteiger partial charge in [0.1, 0.15) is 19.3 Å². The van der Waals surface area contributed by atoms with Gasteiger partial charge in [-0.2, -0.15) is 0 Å². The van der Waals surface area contributed by atoms with Crippen molar-refractivity contribution in [3.8, 4) is 0 Å². The molecule has 0 aromatic heterocycles. The van der Waals surface area contributed by atoms with E-state index in [-0.39, 0.29) is 25.0 Å². The number of alkyl carbamates (subject to hydrolysis) is 1. The van der Waals surface area contributed by atoms with Crippen LogP contribution in [0.5, 0.6) is 0 Å². The zero-order valence-electron chi connectivity index (χ0n) is 21.7. The molecule has 0 spiro atoms. The lowest BCUT2D eigenvalue weighted by Crippen LogP contribution is -2.51. The van der Waals surface area contributed by atoms with Crippen LogP contribution in [0.2, 0.25) is 0 Å². The van der Waals surface area contributed by atoms with Crippen molar-refractivity contribution in [2.24, 2.45) is 5.92 Å². The molecule has 0 bridgehead atoms. The van der Waals surface area contributed by atoms with Crippen molar-refractivity contribution < 1.29 is 33.4 Å². The van der Waals surface area contributed by atoms with E-state index >= 15 is 0 Å². The summed E-state index contributed by atoms with van der Waals surface area (Å²) in [5.41, 5.74) is 1.74. The molecular formula is C28H35N3O7. The Bertz CT molecular complexity index is 1060. The van der Waals surface area contributed by atoms with Crippen molar-refractivity contribution in [1.82, 2.24) is 16.0 Å². The third kappa shape index (κ3) is 9.51. The molecule has 10 nitrogen and oxygen atoms in total. The van der Waals surface area contributed by atoms with E-state index in [2.05, 4.69) is 16.0 Å². The van der Waals surface area contributed by atoms with Crippen molar-refractivity contribution in [2.45, 2.75) is 58.2 Å². The van der Waals surface area contributed by atoms with E-state index in [1.807, 2.05) is 74.5 Å². The number of esters is 1. The van der Waals surface area contributed by atoms with Crippen LogP contribution in [0.4, 0.5) is 4.79 Å². The van der Waals surface area contributed by atoms with Gasteiger partial charge in [-0.3, -0.25) is 9.59 Å². The van der Waals surface area contributed by atoms with Crippen molar-refractivity contribution >= 4 is 23.9 Å². The number of benzene rings is 2. The maximum atomic E-state index is 12.7. The summed E-state index contributed by atoms with van der Waals surface area (Å²) in [6, 6.07) is 17.8. The molecule has 3 rings (SSSR count). The van der Waals surface area contributed by atoms with E-state index in [4.69, 9.17) is 14.2 Å². The van der Waals surface area contributed by atoms with Crippen molar-refractivity contribution in [2.75, 3.05) is 13.1 Å². The summed E-state index contributed by atoms with van der Waals surface area (Å²) in [7, 11) is 0. The largest absolute Gasteiger partial charge is 0.459 e. The van der Waals surface area contributed by atoms with Gasteiger partial charge in [0.25, 0.3) is 5.91 Å². The summed E-state index contributed by atoms with van der Waals surface area (Å²) in [6.07, 6.45) is -1.17. The number of carbonyl (C=O) groups excluding carboxylic acids is 4. The van der Waals surface area contributed by atoms with Crippen LogP contribution >= 0.6 is 0 Å². The fourth-order valence-electron chi connectivity index (χ4n) is 3.61. The third-order valence-corrected chi connectivity index (χ3v) is 5.84. The van der Waals surface area contributed by atoms with Gasteiger partial charge in [-0.15, -0.1) is 0 Å². The van der Waals surface area contributed by atoms with Crippen molar-refractivity contribution in [3.05, 3.63) is 71.8 Å². The Morgan fingerprint density at radius 1 is 0.789 bits per heavy atom. The molecule has 1 fully saturated rings. The third-order valence-electron chi connectivity index (χ3n) is 5.84. The predicted molar refractivity (Wildman–Crippen MR) is 139 cm³/mol. The molecule has 1 aliphatic rings.